The van der Waals surface area contributed by atoms with Crippen molar-refractivity contribution in [3.63, 3.8) is 0 Å². The highest BCUT2D eigenvalue weighted by Gasteiger charge is 2.42. The Kier molecular flexibility index (Phi) is 8.64. The van der Waals surface area contributed by atoms with Crippen LogP contribution in [-0.4, -0.2) is 53.2 Å². The highest BCUT2D eigenvalue weighted by Crippen LogP contribution is 2.45. The Labute approximate surface area is 193 Å². The summed E-state index contributed by atoms with van der Waals surface area (Å²) in [4.78, 5) is 12.5. The van der Waals surface area contributed by atoms with Gasteiger partial charge in [0.25, 0.3) is 0 Å². The van der Waals surface area contributed by atoms with Crippen molar-refractivity contribution in [1.82, 2.24) is 5.09 Å². The van der Waals surface area contributed by atoms with Crippen LogP contribution in [0.25, 0.3) is 0 Å². The molecule has 0 amide bonds. The number of nitrogens with one attached hydrogen (secondary N) is 1. The second kappa shape index (κ2) is 11.2. The first-order valence-electron chi connectivity index (χ1n) is 10.7. The van der Waals surface area contributed by atoms with E-state index in [1.807, 2.05) is 37.3 Å². The van der Waals surface area contributed by atoms with Gasteiger partial charge in [0, 0.05) is 0 Å². The second-order valence-electron chi connectivity index (χ2n) is 8.00. The van der Waals surface area contributed by atoms with Gasteiger partial charge in [0.05, 0.1) is 12.7 Å². The first kappa shape index (κ1) is 25.4. The number of aryl methyl sites for hydroxylation is 1. The van der Waals surface area contributed by atoms with Crippen LogP contribution in [0.15, 0.2) is 54.6 Å². The van der Waals surface area contributed by atoms with Gasteiger partial charge in [-0.2, -0.15) is 5.09 Å². The van der Waals surface area contributed by atoms with Crippen LogP contribution in [0.3, 0.4) is 0 Å². The highest BCUT2D eigenvalue weighted by atomic mass is 31.2. The van der Waals surface area contributed by atoms with Gasteiger partial charge < -0.3 is 24.2 Å². The van der Waals surface area contributed by atoms with Gasteiger partial charge in [0.2, 0.25) is 0 Å². The van der Waals surface area contributed by atoms with Gasteiger partial charge in [-0.3, -0.25) is 9.32 Å². The van der Waals surface area contributed by atoms with Crippen LogP contribution in [0.1, 0.15) is 25.0 Å². The van der Waals surface area contributed by atoms with E-state index < -0.39 is 44.2 Å². The summed E-state index contributed by atoms with van der Waals surface area (Å²) in [5.74, 6) is -0.376. The Morgan fingerprint density at radius 3 is 2.39 bits per heavy atom. The van der Waals surface area contributed by atoms with Crippen molar-refractivity contribution in [1.29, 1.82) is 0 Å². The van der Waals surface area contributed by atoms with Gasteiger partial charge in [-0.15, -0.1) is 0 Å². The number of hydrogen-bond donors (Lipinski definition) is 3. The molecule has 10 heteroatoms. The number of carbonyl (C=O) groups is 1. The third kappa shape index (κ3) is 7.11. The molecule has 180 valence electrons. The van der Waals surface area contributed by atoms with Gasteiger partial charge in [-0.05, 0) is 38.5 Å². The maximum Gasteiger partial charge on any atom is 0.459 e. The van der Waals surface area contributed by atoms with E-state index in [0.29, 0.717) is 0 Å². The molecule has 6 atom stereocenters. The first-order valence-corrected chi connectivity index (χ1v) is 12.2. The lowest BCUT2D eigenvalue weighted by molar-refractivity contribution is -0.146. The minimum atomic E-state index is -4.10. The molecule has 0 bridgehead atoms. The Hall–Kier alpha value is -2.26. The van der Waals surface area contributed by atoms with Crippen LogP contribution in [0.4, 0.5) is 0 Å². The summed E-state index contributed by atoms with van der Waals surface area (Å²) in [5, 5.41) is 22.6. The fraction of sp³-hybridized carbons (Fsp3) is 0.435. The highest BCUT2D eigenvalue weighted by molar-refractivity contribution is 7.52. The SMILES string of the molecule is Cc1ccc(OP(=O)(N[C@@H](C)C(=O)OCc2ccccc2)OC[C@H]2O[C@@H](C)[C@@H](O)C2O)cc1. The Morgan fingerprint density at radius 1 is 1.12 bits per heavy atom. The van der Waals surface area contributed by atoms with Crippen LogP contribution in [0.2, 0.25) is 0 Å². The number of rotatable bonds is 10. The molecule has 33 heavy (non-hydrogen) atoms. The monoisotopic (exact) mass is 479 g/mol. The second-order valence-corrected chi connectivity index (χ2v) is 9.70. The predicted octanol–water partition coefficient (Wildman–Crippen LogP) is 2.73. The first-order chi connectivity index (χ1) is 15.7. The molecule has 2 aromatic carbocycles. The average molecular weight is 479 g/mol. The summed E-state index contributed by atoms with van der Waals surface area (Å²) >= 11 is 0. The van der Waals surface area contributed by atoms with Crippen molar-refractivity contribution in [2.75, 3.05) is 6.61 Å². The molecule has 1 aliphatic rings. The van der Waals surface area contributed by atoms with E-state index in [1.165, 1.54) is 6.92 Å². The van der Waals surface area contributed by atoms with Gasteiger partial charge in [-0.25, -0.2) is 4.57 Å². The molecule has 1 heterocycles. The zero-order valence-electron chi connectivity index (χ0n) is 18.8. The molecular weight excluding hydrogens is 449 g/mol. The van der Waals surface area contributed by atoms with Gasteiger partial charge in [0.15, 0.2) is 0 Å². The van der Waals surface area contributed by atoms with Crippen LogP contribution in [0, 0.1) is 6.92 Å². The molecule has 0 aliphatic carbocycles. The lowest BCUT2D eigenvalue weighted by Gasteiger charge is -2.24. The molecule has 2 aromatic rings. The molecule has 2 unspecified atom stereocenters. The molecule has 0 saturated carbocycles. The molecule has 0 radical (unpaired) electrons. The topological polar surface area (TPSA) is 124 Å². The zero-order chi connectivity index (χ0) is 24.0. The van der Waals surface area contributed by atoms with Crippen molar-refractivity contribution >= 4 is 13.7 Å². The summed E-state index contributed by atoms with van der Waals surface area (Å²) in [7, 11) is -4.10. The van der Waals surface area contributed by atoms with Crippen molar-refractivity contribution in [3.8, 4) is 5.75 Å². The van der Waals surface area contributed by atoms with Crippen LogP contribution in [0.5, 0.6) is 5.75 Å². The van der Waals surface area contributed by atoms with Gasteiger partial charge in [0.1, 0.15) is 36.7 Å². The lowest BCUT2D eigenvalue weighted by atomic mass is 10.1. The number of esters is 1. The summed E-state index contributed by atoms with van der Waals surface area (Å²) in [5.41, 5.74) is 1.79. The summed E-state index contributed by atoms with van der Waals surface area (Å²) in [6, 6.07) is 14.9. The van der Waals surface area contributed by atoms with E-state index in [9.17, 15) is 19.6 Å². The molecule has 1 saturated heterocycles. The Morgan fingerprint density at radius 2 is 1.79 bits per heavy atom. The maximum absolute atomic E-state index is 13.5. The predicted molar refractivity (Wildman–Crippen MR) is 121 cm³/mol. The van der Waals surface area contributed by atoms with E-state index in [1.54, 1.807) is 31.2 Å². The van der Waals surface area contributed by atoms with Crippen molar-refractivity contribution in [3.05, 3.63) is 65.7 Å². The fourth-order valence-corrected chi connectivity index (χ4v) is 4.72. The molecule has 1 aliphatic heterocycles. The molecule has 9 nitrogen and oxygen atoms in total. The summed E-state index contributed by atoms with van der Waals surface area (Å²) in [6.45, 7) is 4.72. The number of ether oxygens (including phenoxy) is 2. The molecular formula is C23H30NO8P. The largest absolute Gasteiger partial charge is 0.460 e. The number of hydrogen-bond acceptors (Lipinski definition) is 8. The number of aliphatic hydroxyl groups is 2. The van der Waals surface area contributed by atoms with Crippen molar-refractivity contribution < 1.29 is 38.1 Å². The third-order valence-corrected chi connectivity index (χ3v) is 6.83. The van der Waals surface area contributed by atoms with Crippen LogP contribution >= 0.6 is 7.75 Å². The van der Waals surface area contributed by atoms with Gasteiger partial charge >= 0.3 is 13.7 Å². The smallest absolute Gasteiger partial charge is 0.459 e. The zero-order valence-corrected chi connectivity index (χ0v) is 19.7. The Balaban J connectivity index is 1.66. The van der Waals surface area contributed by atoms with E-state index in [2.05, 4.69) is 5.09 Å². The van der Waals surface area contributed by atoms with E-state index in [4.69, 9.17) is 18.5 Å². The molecule has 3 N–H and O–H groups in total. The summed E-state index contributed by atoms with van der Waals surface area (Å²) < 4.78 is 35.4. The molecule has 0 aromatic heterocycles. The van der Waals surface area contributed by atoms with Crippen LogP contribution < -0.4 is 9.61 Å². The number of aliphatic hydroxyl groups excluding tert-OH is 2. The van der Waals surface area contributed by atoms with E-state index >= 15 is 0 Å². The van der Waals surface area contributed by atoms with Crippen molar-refractivity contribution in [2.45, 2.75) is 57.8 Å². The number of benzene rings is 2. The minimum Gasteiger partial charge on any atom is -0.460 e. The van der Waals surface area contributed by atoms with E-state index in [0.717, 1.165) is 11.1 Å². The molecule has 0 spiro atoms. The third-order valence-electron chi connectivity index (χ3n) is 5.19. The quantitative estimate of drug-likeness (QED) is 0.349. The average Bonchev–Trinajstić information content (AvgIpc) is 3.05. The lowest BCUT2D eigenvalue weighted by Crippen LogP contribution is -2.37. The molecule has 3 rings (SSSR count). The number of carbonyl (C=O) groups excluding carboxylic acids is 1. The summed E-state index contributed by atoms with van der Waals surface area (Å²) in [6.07, 6.45) is -3.81. The minimum absolute atomic E-state index is 0.0631. The Bertz CT molecular complexity index is 955. The molecule has 1 fully saturated rings. The maximum atomic E-state index is 13.5. The standard InChI is InChI=1S/C23H30NO8P/c1-15-9-11-19(12-10-15)32-33(28,30-14-20-22(26)21(25)17(3)31-20)24-16(2)23(27)29-13-18-7-5-4-6-8-18/h4-12,16-17,20-22,25-26H,13-14H2,1-3H3,(H,24,28)/t16-,17-,20+,21+,22?,33?/m0/s1. The fourth-order valence-electron chi connectivity index (χ4n) is 3.22. The van der Waals surface area contributed by atoms with Gasteiger partial charge in [-0.1, -0.05) is 48.0 Å². The van der Waals surface area contributed by atoms with E-state index in [-0.39, 0.29) is 19.0 Å². The normalized spacial score (nSPS) is 25.2. The van der Waals surface area contributed by atoms with Crippen LogP contribution in [-0.2, 0) is 30.0 Å². The van der Waals surface area contributed by atoms with Crippen molar-refractivity contribution in [2.24, 2.45) is 0 Å².